The molecule has 2 aromatic carbocycles. The minimum absolute atomic E-state index is 0.0238. The topological polar surface area (TPSA) is 98.5 Å². The molecule has 3 rings (SSSR count). The average molecular weight is 438 g/mol. The van der Waals surface area contributed by atoms with Gasteiger partial charge in [-0.3, -0.25) is 14.2 Å². The summed E-state index contributed by atoms with van der Waals surface area (Å²) in [7, 11) is 5.30. The highest BCUT2D eigenvalue weighted by Crippen LogP contribution is 2.13. The van der Waals surface area contributed by atoms with Crippen molar-refractivity contribution in [3.05, 3.63) is 86.2 Å². The van der Waals surface area contributed by atoms with E-state index < -0.39 is 17.2 Å². The van der Waals surface area contributed by atoms with E-state index in [2.05, 4.69) is 10.4 Å². The zero-order valence-corrected chi connectivity index (χ0v) is 18.7. The number of methoxy groups -OCH3 is 1. The molecular weight excluding hydrogens is 410 g/mol. The van der Waals surface area contributed by atoms with Gasteiger partial charge in [0.05, 0.1) is 19.3 Å². The maximum Gasteiger partial charge on any atom is 0.352 e. The summed E-state index contributed by atoms with van der Waals surface area (Å²) in [5.41, 5.74) is 0.482. The maximum absolute atomic E-state index is 13.2. The Hall–Kier alpha value is -3.72. The van der Waals surface area contributed by atoms with Crippen molar-refractivity contribution in [3.63, 3.8) is 0 Å². The van der Waals surface area contributed by atoms with E-state index in [1.54, 1.807) is 24.3 Å². The van der Waals surface area contributed by atoms with Gasteiger partial charge in [-0.25, -0.2) is 4.79 Å². The van der Waals surface area contributed by atoms with Gasteiger partial charge in [-0.1, -0.05) is 29.8 Å². The Bertz CT molecular complexity index is 1210. The molecule has 0 saturated heterocycles. The quantitative estimate of drug-likeness (QED) is 0.566. The molecule has 0 unspecified atom stereocenters. The molecular formula is C23H27N5O4. The fourth-order valence-electron chi connectivity index (χ4n) is 3.16. The molecule has 0 aliphatic rings. The van der Waals surface area contributed by atoms with E-state index in [1.807, 2.05) is 50.2 Å². The van der Waals surface area contributed by atoms with Crippen LogP contribution >= 0.6 is 0 Å². The Morgan fingerprint density at radius 1 is 1.12 bits per heavy atom. The highest BCUT2D eigenvalue weighted by molar-refractivity contribution is 5.91. The molecule has 1 amide bonds. The third kappa shape index (κ3) is 5.30. The van der Waals surface area contributed by atoms with Crippen LogP contribution in [0.5, 0.6) is 5.75 Å². The number of likely N-dealkylation sites (N-methyl/N-ethyl adjacent to an activating group) is 1. The molecule has 0 fully saturated rings. The first kappa shape index (κ1) is 23.0. The summed E-state index contributed by atoms with van der Waals surface area (Å²) in [6.07, 6.45) is 0. The summed E-state index contributed by atoms with van der Waals surface area (Å²) < 4.78 is 7.26. The predicted molar refractivity (Wildman–Crippen MR) is 122 cm³/mol. The number of benzene rings is 2. The third-order valence-electron chi connectivity index (χ3n) is 4.86. The fraction of sp³-hybridized carbons (Fsp3) is 0.304. The lowest BCUT2D eigenvalue weighted by molar-refractivity contribution is 0.0941. The molecule has 0 saturated carbocycles. The molecule has 1 heterocycles. The monoisotopic (exact) mass is 437 g/mol. The highest BCUT2D eigenvalue weighted by atomic mass is 16.5. The van der Waals surface area contributed by atoms with Crippen molar-refractivity contribution in [2.24, 2.45) is 0 Å². The van der Waals surface area contributed by atoms with Gasteiger partial charge in [0.25, 0.3) is 11.5 Å². The standard InChI is InChI=1S/C23H27N5O4/c1-16-6-5-7-17(14-16)15-27-22(30)20(21(29)24-12-13-26(2)3)25-28(23(27)31)18-8-10-19(32-4)11-9-18/h5-11,14H,12-13,15H2,1-4H3,(H,24,29). The van der Waals surface area contributed by atoms with Crippen molar-refractivity contribution in [1.29, 1.82) is 0 Å². The van der Waals surface area contributed by atoms with Gasteiger partial charge in [0, 0.05) is 13.1 Å². The Balaban J connectivity index is 2.10. The summed E-state index contributed by atoms with van der Waals surface area (Å²) in [4.78, 5) is 41.0. The smallest absolute Gasteiger partial charge is 0.352 e. The summed E-state index contributed by atoms with van der Waals surface area (Å²) in [5.74, 6) is -0.0198. The second-order valence-electron chi connectivity index (χ2n) is 7.68. The van der Waals surface area contributed by atoms with Crippen molar-refractivity contribution in [1.82, 2.24) is 24.6 Å². The minimum atomic E-state index is -0.733. The van der Waals surface area contributed by atoms with Crippen LogP contribution in [-0.4, -0.2) is 59.4 Å². The predicted octanol–water partition coefficient (Wildman–Crippen LogP) is 1.05. The number of nitrogens with zero attached hydrogens (tertiary/aromatic N) is 4. The average Bonchev–Trinajstić information content (AvgIpc) is 2.76. The van der Waals surface area contributed by atoms with Gasteiger partial charge in [0.2, 0.25) is 5.69 Å². The molecule has 0 aliphatic heterocycles. The van der Waals surface area contributed by atoms with Crippen LogP contribution in [0.3, 0.4) is 0 Å². The Morgan fingerprint density at radius 2 is 1.84 bits per heavy atom. The van der Waals surface area contributed by atoms with Crippen LogP contribution in [0.1, 0.15) is 21.6 Å². The molecule has 1 N–H and O–H groups in total. The van der Waals surface area contributed by atoms with Crippen molar-refractivity contribution in [2.45, 2.75) is 13.5 Å². The number of aryl methyl sites for hydroxylation is 1. The van der Waals surface area contributed by atoms with E-state index in [1.165, 1.54) is 7.11 Å². The number of ether oxygens (including phenoxy) is 1. The summed E-state index contributed by atoms with van der Waals surface area (Å²) in [6.45, 7) is 2.89. The lowest BCUT2D eigenvalue weighted by Gasteiger charge is -2.14. The maximum atomic E-state index is 13.2. The molecule has 0 atom stereocenters. The number of aromatic nitrogens is 3. The zero-order valence-electron chi connectivity index (χ0n) is 18.7. The van der Waals surface area contributed by atoms with E-state index >= 15 is 0 Å². The summed E-state index contributed by atoms with van der Waals surface area (Å²) in [6, 6.07) is 14.1. The van der Waals surface area contributed by atoms with E-state index in [0.29, 0.717) is 24.5 Å². The summed E-state index contributed by atoms with van der Waals surface area (Å²) >= 11 is 0. The summed E-state index contributed by atoms with van der Waals surface area (Å²) in [5, 5.41) is 6.82. The SMILES string of the molecule is COc1ccc(-n2nc(C(=O)NCCN(C)C)c(=O)n(Cc3cccc(C)c3)c2=O)cc1. The molecule has 0 spiro atoms. The first-order chi connectivity index (χ1) is 15.3. The molecule has 3 aromatic rings. The second-order valence-corrected chi connectivity index (χ2v) is 7.68. The number of hydrogen-bond acceptors (Lipinski definition) is 6. The number of amides is 1. The highest BCUT2D eigenvalue weighted by Gasteiger charge is 2.20. The van der Waals surface area contributed by atoms with Gasteiger partial charge in [-0.15, -0.1) is 0 Å². The van der Waals surface area contributed by atoms with Crippen molar-refractivity contribution in [2.75, 3.05) is 34.3 Å². The molecule has 0 radical (unpaired) electrons. The van der Waals surface area contributed by atoms with E-state index in [-0.39, 0.29) is 12.2 Å². The first-order valence-corrected chi connectivity index (χ1v) is 10.2. The van der Waals surface area contributed by atoms with Gasteiger partial charge in [-0.2, -0.15) is 9.78 Å². The largest absolute Gasteiger partial charge is 0.497 e. The van der Waals surface area contributed by atoms with Crippen LogP contribution in [-0.2, 0) is 6.54 Å². The number of carbonyl (C=O) groups is 1. The molecule has 168 valence electrons. The molecule has 0 bridgehead atoms. The Labute approximate surface area is 185 Å². The zero-order chi connectivity index (χ0) is 23.3. The number of nitrogens with one attached hydrogen (secondary N) is 1. The van der Waals surface area contributed by atoms with Crippen molar-refractivity contribution < 1.29 is 9.53 Å². The van der Waals surface area contributed by atoms with Gasteiger partial charge in [-0.05, 0) is 50.8 Å². The molecule has 9 heteroatoms. The number of rotatable bonds is 8. The second kappa shape index (κ2) is 10.1. The van der Waals surface area contributed by atoms with Crippen LogP contribution in [0.15, 0.2) is 58.1 Å². The molecule has 32 heavy (non-hydrogen) atoms. The van der Waals surface area contributed by atoms with Gasteiger partial charge < -0.3 is 15.0 Å². The van der Waals surface area contributed by atoms with Gasteiger partial charge in [0.1, 0.15) is 5.75 Å². The fourth-order valence-corrected chi connectivity index (χ4v) is 3.16. The van der Waals surface area contributed by atoms with Crippen molar-refractivity contribution >= 4 is 5.91 Å². The van der Waals surface area contributed by atoms with Crippen molar-refractivity contribution in [3.8, 4) is 11.4 Å². The van der Waals surface area contributed by atoms with Crippen LogP contribution in [0.25, 0.3) is 5.69 Å². The van der Waals surface area contributed by atoms with Gasteiger partial charge >= 0.3 is 5.69 Å². The van der Waals surface area contributed by atoms with Gasteiger partial charge in [0.15, 0.2) is 0 Å². The Kier molecular flexibility index (Phi) is 7.21. The molecule has 0 aliphatic carbocycles. The van der Waals surface area contributed by atoms with Crippen LogP contribution in [0.2, 0.25) is 0 Å². The normalized spacial score (nSPS) is 10.9. The number of hydrogen-bond donors (Lipinski definition) is 1. The third-order valence-corrected chi connectivity index (χ3v) is 4.86. The van der Waals surface area contributed by atoms with E-state index in [9.17, 15) is 14.4 Å². The molecule has 1 aromatic heterocycles. The van der Waals surface area contributed by atoms with Crippen LogP contribution in [0, 0.1) is 6.92 Å². The minimum Gasteiger partial charge on any atom is -0.497 e. The van der Waals surface area contributed by atoms with Crippen LogP contribution < -0.4 is 21.3 Å². The molecule has 9 nitrogen and oxygen atoms in total. The lowest BCUT2D eigenvalue weighted by Crippen LogP contribution is -2.46. The van der Waals surface area contributed by atoms with Crippen LogP contribution in [0.4, 0.5) is 0 Å². The van der Waals surface area contributed by atoms with E-state index in [0.717, 1.165) is 20.4 Å². The first-order valence-electron chi connectivity index (χ1n) is 10.2. The lowest BCUT2D eigenvalue weighted by atomic mass is 10.1. The number of carbonyl (C=O) groups excluding carboxylic acids is 1. The van der Waals surface area contributed by atoms with E-state index in [4.69, 9.17) is 4.74 Å². The Morgan fingerprint density at radius 3 is 2.47 bits per heavy atom.